The number of nitrogens with one attached hydrogen (secondary N) is 2. The van der Waals surface area contributed by atoms with E-state index in [0.717, 1.165) is 4.88 Å². The molecule has 0 amide bonds. The molecule has 2 aromatic heterocycles. The molecule has 0 saturated heterocycles. The van der Waals surface area contributed by atoms with Crippen LogP contribution in [0.1, 0.15) is 40.7 Å². The summed E-state index contributed by atoms with van der Waals surface area (Å²) in [6.07, 6.45) is -3.95. The molecule has 2 atom stereocenters. The smallest absolute Gasteiger partial charge is 0.406 e. The van der Waals surface area contributed by atoms with Gasteiger partial charge in [0.2, 0.25) is 0 Å². The molecule has 0 fully saturated rings. The van der Waals surface area contributed by atoms with Crippen molar-refractivity contribution in [2.45, 2.75) is 31.0 Å². The van der Waals surface area contributed by atoms with Crippen molar-refractivity contribution in [1.29, 1.82) is 0 Å². The highest BCUT2D eigenvalue weighted by Crippen LogP contribution is 2.47. The number of para-hydroxylation sites is 1. The van der Waals surface area contributed by atoms with Crippen LogP contribution in [0.2, 0.25) is 0 Å². The predicted molar refractivity (Wildman–Crippen MR) is 133 cm³/mol. The molecular weight excluding hydrogens is 503 g/mol. The summed E-state index contributed by atoms with van der Waals surface area (Å²) in [4.78, 5) is 28.4. The lowest BCUT2D eigenvalue weighted by atomic mass is 9.74. The third kappa shape index (κ3) is 4.27. The van der Waals surface area contributed by atoms with Crippen molar-refractivity contribution >= 4 is 22.9 Å². The summed E-state index contributed by atoms with van der Waals surface area (Å²) in [5, 5.41) is 8.42. The number of allylic oxidation sites excluding steroid dienone is 2. The maximum atomic E-state index is 13.7. The zero-order valence-electron chi connectivity index (χ0n) is 19.2. The summed E-state index contributed by atoms with van der Waals surface area (Å²) >= 11 is 1.59. The van der Waals surface area contributed by atoms with E-state index in [1.807, 2.05) is 35.7 Å². The predicted octanol–water partition coefficient (Wildman–Crippen LogP) is 6.08. The number of anilines is 1. The average Bonchev–Trinajstić information content (AvgIpc) is 3.52. The highest BCUT2D eigenvalue weighted by atomic mass is 32.1. The Hall–Kier alpha value is -4.05. The second-order valence-corrected chi connectivity index (χ2v) is 9.97. The van der Waals surface area contributed by atoms with Crippen LogP contribution in [-0.2, 0) is 4.79 Å². The van der Waals surface area contributed by atoms with Gasteiger partial charge in [-0.3, -0.25) is 14.7 Å². The first-order valence-corrected chi connectivity index (χ1v) is 12.5. The Bertz CT molecular complexity index is 1550. The van der Waals surface area contributed by atoms with Gasteiger partial charge in [0.05, 0.1) is 11.3 Å². The number of halogens is 3. The molecule has 2 N–H and O–H groups in total. The number of fused-ring (bicyclic) bond motifs is 1. The molecule has 6 nitrogen and oxygen atoms in total. The summed E-state index contributed by atoms with van der Waals surface area (Å²) < 4.78 is 43.5. The molecule has 0 bridgehead atoms. The Labute approximate surface area is 213 Å². The number of hydrogen-bond acceptors (Lipinski definition) is 5. The van der Waals surface area contributed by atoms with Crippen molar-refractivity contribution in [2.24, 2.45) is 0 Å². The van der Waals surface area contributed by atoms with Gasteiger partial charge in [0.25, 0.3) is 5.56 Å². The largest absolute Gasteiger partial charge is 0.573 e. The number of thiophene rings is 1. The normalized spacial score (nSPS) is 19.3. The molecule has 2 aliphatic rings. The average molecular weight is 524 g/mol. The maximum absolute atomic E-state index is 13.7. The zero-order valence-corrected chi connectivity index (χ0v) is 20.0. The fraction of sp³-hybridized carbons (Fsp3) is 0.185. The molecule has 2 unspecified atom stereocenters. The van der Waals surface area contributed by atoms with Gasteiger partial charge in [0.15, 0.2) is 5.78 Å². The topological polar surface area (TPSA) is 76.1 Å². The van der Waals surface area contributed by atoms with Crippen molar-refractivity contribution < 1.29 is 22.7 Å². The van der Waals surface area contributed by atoms with Crippen LogP contribution in [0.3, 0.4) is 0 Å². The van der Waals surface area contributed by atoms with Gasteiger partial charge in [0.1, 0.15) is 11.6 Å². The number of carbonyl (C=O) groups is 1. The molecule has 1 aliphatic heterocycles. The number of Topliss-reactive ketones (excluding diaryl/α,β-unsaturated/α-hetero) is 1. The van der Waals surface area contributed by atoms with E-state index in [9.17, 15) is 22.8 Å². The van der Waals surface area contributed by atoms with Crippen LogP contribution in [0, 0.1) is 0 Å². The van der Waals surface area contributed by atoms with Crippen molar-refractivity contribution in [3.63, 3.8) is 0 Å². The highest BCUT2D eigenvalue weighted by Gasteiger charge is 2.41. The highest BCUT2D eigenvalue weighted by molar-refractivity contribution is 7.10. The van der Waals surface area contributed by atoms with E-state index in [4.69, 9.17) is 0 Å². The molecule has 6 rings (SSSR count). The van der Waals surface area contributed by atoms with Crippen LogP contribution >= 0.6 is 11.3 Å². The standard InChI is InChI=1S/C27H20F3N3O3S/c28-27(29,30)36-18-10-8-15(9-11-18)22-23-19(13-16(14-20(23)34)21-7-4-12-37-21)31-25-24(22)26(35)33(32-25)17-5-2-1-3-6-17/h1-12,16,22,31-32H,13-14H2. The minimum atomic E-state index is -4.82. The van der Waals surface area contributed by atoms with Gasteiger partial charge in [-0.25, -0.2) is 4.68 Å². The molecule has 0 saturated carbocycles. The Kier molecular flexibility index (Phi) is 5.56. The molecule has 4 aromatic rings. The van der Waals surface area contributed by atoms with Crippen LogP contribution in [-0.4, -0.2) is 21.9 Å². The first-order valence-electron chi connectivity index (χ1n) is 11.6. The number of nitrogens with zero attached hydrogens (tertiary/aromatic N) is 1. The molecule has 0 radical (unpaired) electrons. The van der Waals surface area contributed by atoms with Crippen LogP contribution < -0.4 is 15.6 Å². The molecule has 37 heavy (non-hydrogen) atoms. The van der Waals surface area contributed by atoms with E-state index in [0.29, 0.717) is 46.7 Å². The number of ketones is 1. The molecular formula is C27H20F3N3O3S. The van der Waals surface area contributed by atoms with Crippen molar-refractivity contribution in [3.8, 4) is 11.4 Å². The number of H-pyrrole nitrogens is 1. The second kappa shape index (κ2) is 8.81. The Morgan fingerprint density at radius 1 is 0.946 bits per heavy atom. The fourth-order valence-corrected chi connectivity index (χ4v) is 6.00. The van der Waals surface area contributed by atoms with E-state index in [1.165, 1.54) is 28.9 Å². The van der Waals surface area contributed by atoms with Gasteiger partial charge in [-0.15, -0.1) is 24.5 Å². The number of aromatic amines is 1. The zero-order chi connectivity index (χ0) is 25.7. The van der Waals surface area contributed by atoms with E-state index in [1.54, 1.807) is 23.5 Å². The van der Waals surface area contributed by atoms with Gasteiger partial charge in [-0.05, 0) is 47.7 Å². The van der Waals surface area contributed by atoms with Gasteiger partial charge in [0, 0.05) is 34.4 Å². The molecule has 0 spiro atoms. The van der Waals surface area contributed by atoms with E-state index >= 15 is 0 Å². The number of hydrogen-bond donors (Lipinski definition) is 2. The molecule has 10 heteroatoms. The maximum Gasteiger partial charge on any atom is 0.573 e. The van der Waals surface area contributed by atoms with Crippen LogP contribution in [0.25, 0.3) is 5.69 Å². The van der Waals surface area contributed by atoms with E-state index in [-0.39, 0.29) is 23.0 Å². The van der Waals surface area contributed by atoms with Crippen LogP contribution in [0.15, 0.2) is 88.2 Å². The first-order chi connectivity index (χ1) is 17.8. The number of rotatable bonds is 4. The number of benzene rings is 2. The molecule has 2 aromatic carbocycles. The van der Waals surface area contributed by atoms with Gasteiger partial charge < -0.3 is 10.1 Å². The van der Waals surface area contributed by atoms with Crippen LogP contribution in [0.4, 0.5) is 19.0 Å². The monoisotopic (exact) mass is 523 g/mol. The van der Waals surface area contributed by atoms with E-state index < -0.39 is 12.3 Å². The third-order valence-corrected chi connectivity index (χ3v) is 7.73. The summed E-state index contributed by atoms with van der Waals surface area (Å²) in [6.45, 7) is 0. The summed E-state index contributed by atoms with van der Waals surface area (Å²) in [7, 11) is 0. The fourth-order valence-electron chi connectivity index (χ4n) is 5.17. The number of aromatic nitrogens is 2. The molecule has 188 valence electrons. The first kappa shape index (κ1) is 23.4. The van der Waals surface area contributed by atoms with E-state index in [2.05, 4.69) is 15.2 Å². The molecule has 1 aliphatic carbocycles. The Balaban J connectivity index is 1.48. The van der Waals surface area contributed by atoms with Crippen LogP contribution in [0.5, 0.6) is 5.75 Å². The van der Waals surface area contributed by atoms with Crippen molar-refractivity contribution in [2.75, 3.05) is 5.32 Å². The lowest BCUT2D eigenvalue weighted by Crippen LogP contribution is -2.31. The number of carbonyl (C=O) groups excluding carboxylic acids is 1. The minimum absolute atomic E-state index is 0.00597. The third-order valence-electron chi connectivity index (χ3n) is 6.69. The van der Waals surface area contributed by atoms with Gasteiger partial charge in [-0.2, -0.15) is 0 Å². The van der Waals surface area contributed by atoms with Gasteiger partial charge >= 0.3 is 6.36 Å². The summed E-state index contributed by atoms with van der Waals surface area (Å²) in [5.74, 6) is -0.732. The lowest BCUT2D eigenvalue weighted by molar-refractivity contribution is -0.274. The van der Waals surface area contributed by atoms with Crippen molar-refractivity contribution in [3.05, 3.63) is 110 Å². The number of alkyl halides is 3. The van der Waals surface area contributed by atoms with Gasteiger partial charge in [-0.1, -0.05) is 36.4 Å². The quantitative estimate of drug-likeness (QED) is 0.340. The second-order valence-electron chi connectivity index (χ2n) is 8.99. The Morgan fingerprint density at radius 3 is 2.38 bits per heavy atom. The lowest BCUT2D eigenvalue weighted by Gasteiger charge is -2.34. The Morgan fingerprint density at radius 2 is 1.70 bits per heavy atom. The van der Waals surface area contributed by atoms with Crippen molar-refractivity contribution in [1.82, 2.24) is 9.78 Å². The number of ether oxygens (including phenoxy) is 1. The molecule has 3 heterocycles. The minimum Gasteiger partial charge on any atom is -0.406 e. The summed E-state index contributed by atoms with van der Waals surface area (Å²) in [6, 6.07) is 18.3. The SMILES string of the molecule is O=C1CC(c2cccs2)CC2=C1C(c1ccc(OC(F)(F)F)cc1)c1c([nH]n(-c3ccccc3)c1=O)N2. The summed E-state index contributed by atoms with van der Waals surface area (Å²) in [5.41, 5.74) is 2.34.